The minimum absolute atomic E-state index is 0.135. The van der Waals surface area contributed by atoms with Gasteiger partial charge >= 0.3 is 0 Å². The van der Waals surface area contributed by atoms with Gasteiger partial charge in [-0.3, -0.25) is 4.79 Å². The molecule has 2 rings (SSSR count). The van der Waals surface area contributed by atoms with Gasteiger partial charge in [0.05, 0.1) is 11.6 Å². The second kappa shape index (κ2) is 4.85. The zero-order valence-electron chi connectivity index (χ0n) is 9.90. The maximum absolute atomic E-state index is 12.1. The summed E-state index contributed by atoms with van der Waals surface area (Å²) in [6, 6.07) is -0.166. The van der Waals surface area contributed by atoms with Crippen molar-refractivity contribution in [2.75, 3.05) is 13.2 Å². The molecule has 6 nitrogen and oxygen atoms in total. The molecule has 1 amide bonds. The Balaban J connectivity index is 1.96. The van der Waals surface area contributed by atoms with Gasteiger partial charge < -0.3 is 20.8 Å². The van der Waals surface area contributed by atoms with Crippen LogP contribution in [0, 0.1) is 0 Å². The minimum Gasteiger partial charge on any atom is -0.381 e. The van der Waals surface area contributed by atoms with Crippen LogP contribution in [0.15, 0.2) is 12.4 Å². The number of amides is 1. The Labute approximate surface area is 99.9 Å². The van der Waals surface area contributed by atoms with Gasteiger partial charge in [-0.25, -0.2) is 4.98 Å². The van der Waals surface area contributed by atoms with Crippen LogP contribution in [0.4, 0.5) is 0 Å². The van der Waals surface area contributed by atoms with Crippen LogP contribution in [0.5, 0.6) is 0 Å². The van der Waals surface area contributed by atoms with Gasteiger partial charge in [0.15, 0.2) is 0 Å². The molecule has 0 aliphatic carbocycles. The van der Waals surface area contributed by atoms with Crippen molar-refractivity contribution in [3.8, 4) is 0 Å². The summed E-state index contributed by atoms with van der Waals surface area (Å²) < 4.78 is 5.21. The summed E-state index contributed by atoms with van der Waals surface area (Å²) in [6.07, 6.45) is 4.50. The summed E-state index contributed by atoms with van der Waals surface area (Å²) in [4.78, 5) is 19.2. The molecule has 0 radical (unpaired) electrons. The molecule has 1 aromatic heterocycles. The highest BCUT2D eigenvalue weighted by atomic mass is 16.5. The molecule has 17 heavy (non-hydrogen) atoms. The minimum atomic E-state index is -0.806. The normalized spacial score (nSPS) is 20.8. The molecule has 0 bridgehead atoms. The Morgan fingerprint density at radius 1 is 1.65 bits per heavy atom. The number of hydrogen-bond acceptors (Lipinski definition) is 4. The van der Waals surface area contributed by atoms with E-state index in [2.05, 4.69) is 15.3 Å². The number of hydrogen-bond donors (Lipinski definition) is 3. The molecule has 1 aliphatic heterocycles. The Bertz CT molecular complexity index is 371. The fourth-order valence-electron chi connectivity index (χ4n) is 1.89. The van der Waals surface area contributed by atoms with Gasteiger partial charge in [0.1, 0.15) is 5.82 Å². The number of H-pyrrole nitrogens is 1. The maximum Gasteiger partial charge on any atom is 0.240 e. The highest BCUT2D eigenvalue weighted by molar-refractivity contribution is 5.86. The van der Waals surface area contributed by atoms with E-state index in [1.165, 1.54) is 0 Å². The van der Waals surface area contributed by atoms with E-state index < -0.39 is 5.54 Å². The van der Waals surface area contributed by atoms with E-state index in [1.807, 2.05) is 6.92 Å². The first-order chi connectivity index (χ1) is 8.12. The number of nitrogens with one attached hydrogen (secondary N) is 2. The van der Waals surface area contributed by atoms with E-state index >= 15 is 0 Å². The fourth-order valence-corrected chi connectivity index (χ4v) is 1.89. The summed E-state index contributed by atoms with van der Waals surface area (Å²) in [5, 5.41) is 2.88. The first-order valence-electron chi connectivity index (χ1n) is 5.79. The van der Waals surface area contributed by atoms with E-state index in [9.17, 15) is 4.79 Å². The lowest BCUT2D eigenvalue weighted by Gasteiger charge is -2.32. The quantitative estimate of drug-likeness (QED) is 0.696. The van der Waals surface area contributed by atoms with Crippen molar-refractivity contribution in [2.24, 2.45) is 5.73 Å². The molecular weight excluding hydrogens is 220 g/mol. The van der Waals surface area contributed by atoms with Crippen LogP contribution in [0.25, 0.3) is 0 Å². The van der Waals surface area contributed by atoms with Gasteiger partial charge in [0.25, 0.3) is 0 Å². The molecular formula is C11H18N4O2. The lowest BCUT2D eigenvalue weighted by Crippen LogP contribution is -2.57. The molecule has 0 aromatic carbocycles. The van der Waals surface area contributed by atoms with Crippen LogP contribution in [-0.2, 0) is 9.53 Å². The van der Waals surface area contributed by atoms with Crippen LogP contribution < -0.4 is 11.1 Å². The van der Waals surface area contributed by atoms with E-state index in [0.29, 0.717) is 26.1 Å². The lowest BCUT2D eigenvalue weighted by molar-refractivity contribution is -0.130. The van der Waals surface area contributed by atoms with Crippen molar-refractivity contribution in [2.45, 2.75) is 31.3 Å². The lowest BCUT2D eigenvalue weighted by atomic mass is 9.90. The number of aromatic amines is 1. The van der Waals surface area contributed by atoms with Gasteiger partial charge in [-0.15, -0.1) is 0 Å². The Morgan fingerprint density at radius 3 is 2.94 bits per heavy atom. The summed E-state index contributed by atoms with van der Waals surface area (Å²) in [5.41, 5.74) is 5.28. The molecule has 1 unspecified atom stereocenters. The first-order valence-corrected chi connectivity index (χ1v) is 5.79. The second-order valence-electron chi connectivity index (χ2n) is 4.44. The van der Waals surface area contributed by atoms with Crippen molar-refractivity contribution in [3.63, 3.8) is 0 Å². The third kappa shape index (κ3) is 2.65. The average molecular weight is 238 g/mol. The highest BCUT2D eigenvalue weighted by Gasteiger charge is 2.36. The van der Waals surface area contributed by atoms with Crippen LogP contribution in [-0.4, -0.2) is 34.6 Å². The zero-order chi connectivity index (χ0) is 12.3. The summed E-state index contributed by atoms with van der Waals surface area (Å²) in [7, 11) is 0. The van der Waals surface area contributed by atoms with Crippen molar-refractivity contribution in [3.05, 3.63) is 18.2 Å². The third-order valence-corrected chi connectivity index (χ3v) is 3.11. The molecule has 4 N–H and O–H groups in total. The van der Waals surface area contributed by atoms with E-state index in [4.69, 9.17) is 10.5 Å². The summed E-state index contributed by atoms with van der Waals surface area (Å²) >= 11 is 0. The SMILES string of the molecule is CC(NC(=O)C1(N)CCOCC1)c1ncc[nH]1. The van der Waals surface area contributed by atoms with Gasteiger partial charge in [-0.1, -0.05) is 0 Å². The van der Waals surface area contributed by atoms with Gasteiger partial charge in [0.2, 0.25) is 5.91 Å². The van der Waals surface area contributed by atoms with Crippen molar-refractivity contribution < 1.29 is 9.53 Å². The molecule has 1 saturated heterocycles. The number of carbonyl (C=O) groups is 1. The van der Waals surface area contributed by atoms with Gasteiger partial charge in [-0.2, -0.15) is 0 Å². The van der Waals surface area contributed by atoms with Crippen molar-refractivity contribution in [1.82, 2.24) is 15.3 Å². The molecule has 1 aliphatic rings. The van der Waals surface area contributed by atoms with Crippen molar-refractivity contribution in [1.29, 1.82) is 0 Å². The van der Waals surface area contributed by atoms with E-state index in [0.717, 1.165) is 5.82 Å². The van der Waals surface area contributed by atoms with Crippen LogP contribution in [0.2, 0.25) is 0 Å². The number of ether oxygens (including phenoxy) is 1. The highest BCUT2D eigenvalue weighted by Crippen LogP contribution is 2.19. The average Bonchev–Trinajstić information content (AvgIpc) is 2.83. The van der Waals surface area contributed by atoms with Crippen LogP contribution in [0.1, 0.15) is 31.6 Å². The topological polar surface area (TPSA) is 93.0 Å². The largest absolute Gasteiger partial charge is 0.381 e. The Kier molecular flexibility index (Phi) is 3.44. The molecule has 2 heterocycles. The number of nitrogens with zero attached hydrogens (tertiary/aromatic N) is 1. The van der Waals surface area contributed by atoms with Crippen LogP contribution >= 0.6 is 0 Å². The smallest absolute Gasteiger partial charge is 0.240 e. The van der Waals surface area contributed by atoms with Gasteiger partial charge in [0, 0.05) is 25.6 Å². The molecule has 0 saturated carbocycles. The van der Waals surface area contributed by atoms with E-state index in [-0.39, 0.29) is 11.9 Å². The molecule has 94 valence electrons. The zero-order valence-corrected chi connectivity index (χ0v) is 9.90. The molecule has 1 fully saturated rings. The number of carbonyl (C=O) groups excluding carboxylic acids is 1. The number of imidazole rings is 1. The molecule has 1 aromatic rings. The predicted molar refractivity (Wildman–Crippen MR) is 62.1 cm³/mol. The predicted octanol–water partition coefficient (Wildman–Crippen LogP) is 0.0948. The standard InChI is InChI=1S/C11H18N4O2/c1-8(9-13-4-5-14-9)15-10(16)11(12)2-6-17-7-3-11/h4-5,8H,2-3,6-7,12H2,1H3,(H,13,14)(H,15,16). The monoisotopic (exact) mass is 238 g/mol. The maximum atomic E-state index is 12.1. The fraction of sp³-hybridized carbons (Fsp3) is 0.636. The van der Waals surface area contributed by atoms with Crippen molar-refractivity contribution >= 4 is 5.91 Å². The Morgan fingerprint density at radius 2 is 2.35 bits per heavy atom. The number of nitrogens with two attached hydrogens (primary N) is 1. The molecule has 1 atom stereocenters. The third-order valence-electron chi connectivity index (χ3n) is 3.11. The van der Waals surface area contributed by atoms with Crippen LogP contribution in [0.3, 0.4) is 0 Å². The number of rotatable bonds is 3. The number of aromatic nitrogens is 2. The molecule has 6 heteroatoms. The molecule has 0 spiro atoms. The van der Waals surface area contributed by atoms with E-state index in [1.54, 1.807) is 12.4 Å². The van der Waals surface area contributed by atoms with Gasteiger partial charge in [-0.05, 0) is 19.8 Å². The summed E-state index contributed by atoms with van der Waals surface area (Å²) in [5.74, 6) is 0.596. The Hall–Kier alpha value is -1.40. The second-order valence-corrected chi connectivity index (χ2v) is 4.44. The summed E-state index contributed by atoms with van der Waals surface area (Å²) in [6.45, 7) is 2.96. The first kappa shape index (κ1) is 12.1.